The molecule has 0 heterocycles. The minimum Gasteiger partial charge on any atom is -0.508 e. The number of rotatable bonds is 1. The molecule has 78 valence electrons. The van der Waals surface area contributed by atoms with E-state index in [0.29, 0.717) is 6.07 Å². The fourth-order valence-electron chi connectivity index (χ4n) is 0.997. The molecule has 0 saturated carbocycles. The van der Waals surface area contributed by atoms with Crippen molar-refractivity contribution in [1.82, 2.24) is 0 Å². The van der Waals surface area contributed by atoms with Crippen molar-refractivity contribution in [3.05, 3.63) is 22.7 Å². The predicted molar refractivity (Wildman–Crippen MR) is 44.7 cm³/mol. The van der Waals surface area contributed by atoms with Gasteiger partial charge < -0.3 is 9.84 Å². The summed E-state index contributed by atoms with van der Waals surface area (Å²) in [6.45, 7) is 0. The van der Waals surface area contributed by atoms with Gasteiger partial charge in [-0.05, 0) is 6.07 Å². The van der Waals surface area contributed by atoms with Crippen LogP contribution < -0.4 is 4.74 Å². The first-order valence-corrected chi connectivity index (χ1v) is 3.87. The van der Waals surface area contributed by atoms with Gasteiger partial charge in [0.15, 0.2) is 0 Å². The maximum Gasteiger partial charge on any atom is 0.420 e. The molecule has 0 atom stereocenters. The number of hydrogen-bond acceptors (Lipinski definition) is 2. The van der Waals surface area contributed by atoms with E-state index < -0.39 is 23.2 Å². The van der Waals surface area contributed by atoms with E-state index >= 15 is 0 Å². The molecule has 0 bridgehead atoms. The number of alkyl halides is 3. The van der Waals surface area contributed by atoms with Crippen molar-refractivity contribution >= 4 is 11.6 Å². The molecule has 0 unspecified atom stereocenters. The summed E-state index contributed by atoms with van der Waals surface area (Å²) in [5, 5.41) is 8.66. The predicted octanol–water partition coefficient (Wildman–Crippen LogP) is 3.07. The average molecular weight is 227 g/mol. The fourth-order valence-corrected chi connectivity index (χ4v) is 1.29. The van der Waals surface area contributed by atoms with Gasteiger partial charge in [0, 0.05) is 6.07 Å². The van der Waals surface area contributed by atoms with Crippen LogP contribution in [-0.2, 0) is 6.18 Å². The van der Waals surface area contributed by atoms with E-state index in [1.54, 1.807) is 0 Å². The summed E-state index contributed by atoms with van der Waals surface area (Å²) >= 11 is 5.46. The molecule has 1 aromatic rings. The van der Waals surface area contributed by atoms with Crippen molar-refractivity contribution in [3.63, 3.8) is 0 Å². The van der Waals surface area contributed by atoms with Crippen LogP contribution in [0.1, 0.15) is 5.56 Å². The van der Waals surface area contributed by atoms with Crippen LogP contribution in [0.5, 0.6) is 11.5 Å². The molecule has 0 saturated heterocycles. The lowest BCUT2D eigenvalue weighted by Gasteiger charge is -2.13. The van der Waals surface area contributed by atoms with E-state index in [4.69, 9.17) is 16.7 Å². The van der Waals surface area contributed by atoms with Gasteiger partial charge in [0.05, 0.1) is 12.1 Å². The molecule has 0 spiro atoms. The van der Waals surface area contributed by atoms with Crippen molar-refractivity contribution in [2.24, 2.45) is 0 Å². The van der Waals surface area contributed by atoms with Gasteiger partial charge in [0.25, 0.3) is 0 Å². The van der Waals surface area contributed by atoms with Crippen LogP contribution in [0.3, 0.4) is 0 Å². The zero-order chi connectivity index (χ0) is 10.9. The highest BCUT2D eigenvalue weighted by Gasteiger charge is 2.35. The Morgan fingerprint density at radius 2 is 1.93 bits per heavy atom. The Bertz CT molecular complexity index is 349. The van der Waals surface area contributed by atoms with Gasteiger partial charge >= 0.3 is 6.18 Å². The zero-order valence-electron chi connectivity index (χ0n) is 7.02. The molecule has 0 fully saturated rings. The molecule has 0 aliphatic rings. The van der Waals surface area contributed by atoms with Crippen LogP contribution in [0.15, 0.2) is 12.1 Å². The molecule has 1 aromatic carbocycles. The summed E-state index contributed by atoms with van der Waals surface area (Å²) < 4.78 is 41.5. The Morgan fingerprint density at radius 1 is 1.36 bits per heavy atom. The first-order chi connectivity index (χ1) is 6.36. The van der Waals surface area contributed by atoms with Gasteiger partial charge in [-0.2, -0.15) is 13.2 Å². The summed E-state index contributed by atoms with van der Waals surface area (Å²) in [7, 11) is 1.08. The lowest BCUT2D eigenvalue weighted by Crippen LogP contribution is -2.07. The molecule has 0 amide bonds. The molecule has 6 heteroatoms. The molecular formula is C8H6ClF3O2. The Morgan fingerprint density at radius 3 is 2.36 bits per heavy atom. The Labute approximate surface area is 82.9 Å². The van der Waals surface area contributed by atoms with Crippen LogP contribution in [-0.4, -0.2) is 12.2 Å². The van der Waals surface area contributed by atoms with E-state index in [1.807, 2.05) is 0 Å². The number of halogens is 4. The fraction of sp³-hybridized carbons (Fsp3) is 0.250. The van der Waals surface area contributed by atoms with Gasteiger partial charge in [-0.1, -0.05) is 11.6 Å². The number of hydrogen-bond donors (Lipinski definition) is 1. The van der Waals surface area contributed by atoms with Gasteiger partial charge in [-0.15, -0.1) is 0 Å². The van der Waals surface area contributed by atoms with Crippen LogP contribution >= 0.6 is 11.6 Å². The topological polar surface area (TPSA) is 29.5 Å². The second-order valence-electron chi connectivity index (χ2n) is 2.51. The van der Waals surface area contributed by atoms with Crippen molar-refractivity contribution in [3.8, 4) is 11.5 Å². The summed E-state index contributed by atoms with van der Waals surface area (Å²) in [6, 6.07) is 1.54. The first kappa shape index (κ1) is 11.0. The van der Waals surface area contributed by atoms with Crippen LogP contribution in [0.4, 0.5) is 13.2 Å². The highest BCUT2D eigenvalue weighted by atomic mass is 35.5. The second kappa shape index (κ2) is 3.57. The van der Waals surface area contributed by atoms with Crippen molar-refractivity contribution in [2.45, 2.75) is 6.18 Å². The zero-order valence-corrected chi connectivity index (χ0v) is 7.78. The highest BCUT2D eigenvalue weighted by molar-refractivity contribution is 6.32. The summed E-state index contributed by atoms with van der Waals surface area (Å²) in [5.74, 6) is -1.04. The molecule has 0 radical (unpaired) electrons. The molecule has 0 aromatic heterocycles. The van der Waals surface area contributed by atoms with E-state index in [9.17, 15) is 13.2 Å². The third kappa shape index (κ3) is 2.04. The smallest absolute Gasteiger partial charge is 0.420 e. The third-order valence-corrected chi connectivity index (χ3v) is 1.82. The lowest BCUT2D eigenvalue weighted by atomic mass is 10.2. The SMILES string of the molecule is COc1c(Cl)cc(O)cc1C(F)(F)F. The largest absolute Gasteiger partial charge is 0.508 e. The Balaban J connectivity index is 3.40. The number of ether oxygens (including phenoxy) is 1. The Hall–Kier alpha value is -1.10. The maximum atomic E-state index is 12.3. The Kier molecular flexibility index (Phi) is 2.80. The standard InChI is InChI=1S/C8H6ClF3O2/c1-14-7-5(8(10,11)12)2-4(13)3-6(7)9/h2-3,13H,1H3. The van der Waals surface area contributed by atoms with E-state index in [-0.39, 0.29) is 5.02 Å². The molecule has 2 nitrogen and oxygen atoms in total. The van der Waals surface area contributed by atoms with E-state index in [0.717, 1.165) is 13.2 Å². The number of benzene rings is 1. The first-order valence-electron chi connectivity index (χ1n) is 3.50. The highest BCUT2D eigenvalue weighted by Crippen LogP contribution is 2.42. The second-order valence-corrected chi connectivity index (χ2v) is 2.91. The van der Waals surface area contributed by atoms with Gasteiger partial charge in [0.2, 0.25) is 0 Å². The monoisotopic (exact) mass is 226 g/mol. The van der Waals surface area contributed by atoms with E-state index in [1.165, 1.54) is 0 Å². The average Bonchev–Trinajstić information content (AvgIpc) is 2.01. The van der Waals surface area contributed by atoms with Crippen molar-refractivity contribution < 1.29 is 23.0 Å². The summed E-state index contributed by atoms with van der Waals surface area (Å²) in [4.78, 5) is 0. The lowest BCUT2D eigenvalue weighted by molar-refractivity contribution is -0.138. The van der Waals surface area contributed by atoms with Gasteiger partial charge in [0.1, 0.15) is 17.1 Å². The normalized spacial score (nSPS) is 11.5. The van der Waals surface area contributed by atoms with Crippen LogP contribution in [0, 0.1) is 0 Å². The summed E-state index contributed by atoms with van der Waals surface area (Å²) in [5.41, 5.74) is -1.09. The van der Waals surface area contributed by atoms with Gasteiger partial charge in [-0.25, -0.2) is 0 Å². The number of aromatic hydroxyl groups is 1. The van der Waals surface area contributed by atoms with Crippen molar-refractivity contribution in [1.29, 1.82) is 0 Å². The number of phenolic OH excluding ortho intramolecular Hbond substituents is 1. The minimum absolute atomic E-state index is 0.278. The number of methoxy groups -OCH3 is 1. The third-order valence-electron chi connectivity index (χ3n) is 1.54. The molecule has 1 N–H and O–H groups in total. The molecule has 1 rings (SSSR count). The van der Waals surface area contributed by atoms with Gasteiger partial charge in [-0.3, -0.25) is 0 Å². The molecular weight excluding hydrogens is 221 g/mol. The maximum absolute atomic E-state index is 12.3. The minimum atomic E-state index is -4.60. The quantitative estimate of drug-likeness (QED) is 0.797. The summed E-state index contributed by atoms with van der Waals surface area (Å²) in [6.07, 6.45) is -4.60. The van der Waals surface area contributed by atoms with E-state index in [2.05, 4.69) is 4.74 Å². The number of phenols is 1. The van der Waals surface area contributed by atoms with Crippen molar-refractivity contribution in [2.75, 3.05) is 7.11 Å². The molecule has 14 heavy (non-hydrogen) atoms. The van der Waals surface area contributed by atoms with Crippen LogP contribution in [0.2, 0.25) is 5.02 Å². The molecule has 0 aliphatic carbocycles. The van der Waals surface area contributed by atoms with Crippen LogP contribution in [0.25, 0.3) is 0 Å². The molecule has 0 aliphatic heterocycles.